The van der Waals surface area contributed by atoms with Gasteiger partial charge in [-0.1, -0.05) is 36.3 Å². The number of benzene rings is 1. The van der Waals surface area contributed by atoms with Crippen LogP contribution in [0.2, 0.25) is 0 Å². The lowest BCUT2D eigenvalue weighted by Gasteiger charge is -2.32. The minimum atomic E-state index is -0.413. The molecule has 5 heteroatoms. The zero-order valence-corrected chi connectivity index (χ0v) is 18.5. The summed E-state index contributed by atoms with van der Waals surface area (Å²) < 4.78 is 11.1. The Morgan fingerprint density at radius 2 is 2.09 bits per heavy atom. The molecule has 0 bridgehead atoms. The van der Waals surface area contributed by atoms with Crippen LogP contribution in [0.25, 0.3) is 0 Å². The molecule has 0 fully saturated rings. The molecule has 4 rings (SSSR count). The summed E-state index contributed by atoms with van der Waals surface area (Å²) in [5, 5.41) is 3.31. The highest BCUT2D eigenvalue weighted by atomic mass is 16.5. The highest BCUT2D eigenvalue weighted by molar-refractivity contribution is 6.01. The van der Waals surface area contributed by atoms with Crippen LogP contribution in [0.15, 0.2) is 70.1 Å². The summed E-state index contributed by atoms with van der Waals surface area (Å²) in [6.07, 6.45) is 12.6. The maximum Gasteiger partial charge on any atom is 0.336 e. The number of hydrogen-bond donors (Lipinski definition) is 1. The van der Waals surface area contributed by atoms with E-state index in [2.05, 4.69) is 11.2 Å². The number of ether oxygens (including phenoxy) is 2. The molecule has 0 amide bonds. The highest BCUT2D eigenvalue weighted by Crippen LogP contribution is 2.41. The number of para-hydroxylation sites is 1. The Morgan fingerprint density at radius 3 is 2.88 bits per heavy atom. The number of nitrogens with one attached hydrogen (secondary N) is 1. The van der Waals surface area contributed by atoms with Gasteiger partial charge in [-0.3, -0.25) is 4.79 Å². The molecule has 0 radical (unpaired) electrons. The standard InChI is InChI=1S/C27H27NO4/c1-4-18-9-5-6-10-19(18)16-32-27(30)22-15-23-24(28-17(22)2)13-20(14-25(23)29)21-11-7-8-12-26(21)31-3/h1,6-8,10-12,20,28H,5,9,13-16H2,2-3H3/t20-/m1/s1. The Kier molecular flexibility index (Phi) is 6.32. The van der Waals surface area contributed by atoms with Crippen molar-refractivity contribution in [3.63, 3.8) is 0 Å². The molecule has 32 heavy (non-hydrogen) atoms. The molecular formula is C27H27NO4. The van der Waals surface area contributed by atoms with Crippen LogP contribution in [-0.4, -0.2) is 25.5 Å². The van der Waals surface area contributed by atoms with Crippen LogP contribution < -0.4 is 10.1 Å². The molecule has 3 aliphatic rings. The molecule has 1 aliphatic heterocycles. The fourth-order valence-electron chi connectivity index (χ4n) is 4.59. The lowest BCUT2D eigenvalue weighted by molar-refractivity contribution is -0.138. The number of esters is 1. The molecule has 0 saturated carbocycles. The number of ketones is 1. The number of Topliss-reactive ketones (excluding diaryl/α,β-unsaturated/α-hetero) is 1. The van der Waals surface area contributed by atoms with Crippen molar-refractivity contribution in [2.24, 2.45) is 0 Å². The summed E-state index contributed by atoms with van der Waals surface area (Å²) in [6, 6.07) is 7.81. The van der Waals surface area contributed by atoms with E-state index in [9.17, 15) is 9.59 Å². The van der Waals surface area contributed by atoms with Gasteiger partial charge in [0.15, 0.2) is 5.78 Å². The molecule has 2 aliphatic carbocycles. The van der Waals surface area contributed by atoms with Crippen molar-refractivity contribution in [2.45, 2.75) is 44.9 Å². The lowest BCUT2D eigenvalue weighted by atomic mass is 9.78. The first-order chi connectivity index (χ1) is 15.5. The molecule has 0 spiro atoms. The first kappa shape index (κ1) is 21.7. The van der Waals surface area contributed by atoms with Gasteiger partial charge in [-0.05, 0) is 37.8 Å². The SMILES string of the molecule is C#CC1=C(COC(=O)C2=C(C)NC3=C(C2)C(=O)C[C@H](c2ccccc2OC)C3)C=CCC1. The molecule has 0 unspecified atom stereocenters. The smallest absolute Gasteiger partial charge is 0.336 e. The van der Waals surface area contributed by atoms with E-state index in [-0.39, 0.29) is 18.3 Å². The van der Waals surface area contributed by atoms with Gasteiger partial charge in [-0.25, -0.2) is 4.79 Å². The van der Waals surface area contributed by atoms with Crippen molar-refractivity contribution in [2.75, 3.05) is 13.7 Å². The van der Waals surface area contributed by atoms with Crippen molar-refractivity contribution < 1.29 is 19.1 Å². The summed E-state index contributed by atoms with van der Waals surface area (Å²) in [7, 11) is 1.64. The minimum Gasteiger partial charge on any atom is -0.496 e. The number of carbonyl (C=O) groups excluding carboxylic acids is 2. The highest BCUT2D eigenvalue weighted by Gasteiger charge is 2.34. The summed E-state index contributed by atoms with van der Waals surface area (Å²) in [6.45, 7) is 1.99. The van der Waals surface area contributed by atoms with Crippen LogP contribution in [0, 0.1) is 12.3 Å². The third kappa shape index (κ3) is 4.27. The van der Waals surface area contributed by atoms with Crippen LogP contribution in [0.3, 0.4) is 0 Å². The third-order valence-electron chi connectivity index (χ3n) is 6.35. The summed E-state index contributed by atoms with van der Waals surface area (Å²) in [5.74, 6) is 3.16. The molecule has 1 heterocycles. The second-order valence-electron chi connectivity index (χ2n) is 8.30. The summed E-state index contributed by atoms with van der Waals surface area (Å²) in [4.78, 5) is 25.8. The van der Waals surface area contributed by atoms with Gasteiger partial charge in [-0.15, -0.1) is 6.42 Å². The Morgan fingerprint density at radius 1 is 1.28 bits per heavy atom. The van der Waals surface area contributed by atoms with Crippen molar-refractivity contribution in [3.05, 3.63) is 75.7 Å². The first-order valence-electron chi connectivity index (χ1n) is 10.9. The monoisotopic (exact) mass is 429 g/mol. The van der Waals surface area contributed by atoms with Gasteiger partial charge in [0.1, 0.15) is 12.4 Å². The van der Waals surface area contributed by atoms with Gasteiger partial charge in [0.05, 0.1) is 12.7 Å². The Hall–Kier alpha value is -3.52. The van der Waals surface area contributed by atoms with Crippen molar-refractivity contribution in [1.29, 1.82) is 0 Å². The largest absolute Gasteiger partial charge is 0.496 e. The van der Waals surface area contributed by atoms with Gasteiger partial charge in [0.2, 0.25) is 0 Å². The number of methoxy groups -OCH3 is 1. The van der Waals surface area contributed by atoms with Crippen LogP contribution in [0.4, 0.5) is 0 Å². The molecular weight excluding hydrogens is 402 g/mol. The number of carbonyl (C=O) groups is 2. The van der Waals surface area contributed by atoms with E-state index in [1.165, 1.54) is 0 Å². The second-order valence-corrected chi connectivity index (χ2v) is 8.30. The van der Waals surface area contributed by atoms with Crippen molar-refractivity contribution in [1.82, 2.24) is 5.32 Å². The molecule has 1 aromatic rings. The fourth-order valence-corrected chi connectivity index (χ4v) is 4.59. The van der Waals surface area contributed by atoms with E-state index in [4.69, 9.17) is 15.9 Å². The van der Waals surface area contributed by atoms with Crippen LogP contribution in [-0.2, 0) is 14.3 Å². The topological polar surface area (TPSA) is 64.6 Å². The number of terminal acetylenes is 1. The van der Waals surface area contributed by atoms with Crippen LogP contribution in [0.5, 0.6) is 5.75 Å². The van der Waals surface area contributed by atoms with Gasteiger partial charge in [-0.2, -0.15) is 0 Å². The zero-order chi connectivity index (χ0) is 22.7. The molecule has 5 nitrogen and oxygen atoms in total. The van der Waals surface area contributed by atoms with Gasteiger partial charge >= 0.3 is 5.97 Å². The molecule has 0 saturated heterocycles. The normalized spacial score (nSPS) is 20.5. The first-order valence-corrected chi connectivity index (χ1v) is 10.9. The van der Waals surface area contributed by atoms with Gasteiger partial charge in [0, 0.05) is 46.9 Å². The Bertz CT molecular complexity index is 1130. The second kappa shape index (κ2) is 9.32. The van der Waals surface area contributed by atoms with Gasteiger partial charge < -0.3 is 14.8 Å². The molecule has 164 valence electrons. The van der Waals surface area contributed by atoms with E-state index in [1.54, 1.807) is 7.11 Å². The number of allylic oxidation sites excluding steroid dienone is 5. The molecule has 1 atom stereocenters. The van der Waals surface area contributed by atoms with E-state index >= 15 is 0 Å². The van der Waals surface area contributed by atoms with E-state index in [0.717, 1.165) is 46.7 Å². The number of dihydropyridines is 1. The fraction of sp³-hybridized carbons (Fsp3) is 0.333. The average Bonchev–Trinajstić information content (AvgIpc) is 2.82. The van der Waals surface area contributed by atoms with E-state index in [0.29, 0.717) is 30.4 Å². The van der Waals surface area contributed by atoms with Crippen LogP contribution in [0.1, 0.15) is 50.5 Å². The molecule has 1 aromatic carbocycles. The van der Waals surface area contributed by atoms with E-state index < -0.39 is 5.97 Å². The van der Waals surface area contributed by atoms with Crippen LogP contribution >= 0.6 is 0 Å². The summed E-state index contributed by atoms with van der Waals surface area (Å²) in [5.41, 5.74) is 5.56. The Balaban J connectivity index is 1.48. The quantitative estimate of drug-likeness (QED) is 0.552. The Labute approximate surface area is 188 Å². The lowest BCUT2D eigenvalue weighted by Crippen LogP contribution is -2.31. The number of rotatable bonds is 5. The predicted octanol–water partition coefficient (Wildman–Crippen LogP) is 4.49. The molecule has 1 N–H and O–H groups in total. The number of hydrogen-bond acceptors (Lipinski definition) is 5. The average molecular weight is 430 g/mol. The predicted molar refractivity (Wildman–Crippen MR) is 123 cm³/mol. The molecule has 0 aromatic heterocycles. The summed E-state index contributed by atoms with van der Waals surface area (Å²) >= 11 is 0. The minimum absolute atomic E-state index is 0.0402. The zero-order valence-electron chi connectivity index (χ0n) is 18.5. The van der Waals surface area contributed by atoms with E-state index in [1.807, 2.05) is 43.3 Å². The van der Waals surface area contributed by atoms with Gasteiger partial charge in [0.25, 0.3) is 0 Å². The van der Waals surface area contributed by atoms with Crippen molar-refractivity contribution in [3.8, 4) is 18.1 Å². The maximum atomic E-state index is 13.0. The van der Waals surface area contributed by atoms with Crippen molar-refractivity contribution >= 4 is 11.8 Å². The maximum absolute atomic E-state index is 13.0. The third-order valence-corrected chi connectivity index (χ3v) is 6.35.